The predicted octanol–water partition coefficient (Wildman–Crippen LogP) is 3.91. The summed E-state index contributed by atoms with van der Waals surface area (Å²) in [7, 11) is 0. The molecule has 0 N–H and O–H groups in total. The van der Waals surface area contributed by atoms with Crippen molar-refractivity contribution in [3.63, 3.8) is 0 Å². The van der Waals surface area contributed by atoms with E-state index >= 15 is 0 Å². The number of hydrogen-bond donors (Lipinski definition) is 0. The Morgan fingerprint density at radius 2 is 1.44 bits per heavy atom. The highest BCUT2D eigenvalue weighted by molar-refractivity contribution is 7.99. The summed E-state index contributed by atoms with van der Waals surface area (Å²) in [5.74, 6) is 0. The summed E-state index contributed by atoms with van der Waals surface area (Å²) in [5, 5.41) is 0. The third kappa shape index (κ3) is 10.0. The largest absolute Gasteiger partial charge is 0.511 e. The molecule has 0 aromatic rings. The third-order valence-electron chi connectivity index (χ3n) is 3.68. The third-order valence-corrected chi connectivity index (χ3v) is 3.87. The minimum atomic E-state index is 0.194. The van der Waals surface area contributed by atoms with Crippen LogP contribution in [0.3, 0.4) is 0 Å². The van der Waals surface area contributed by atoms with Crippen LogP contribution in [0.25, 0.3) is 0 Å². The number of thiocarbonyl (C=S) groups is 1. The summed E-state index contributed by atoms with van der Waals surface area (Å²) >= 11 is 9.16. The lowest BCUT2D eigenvalue weighted by Crippen LogP contribution is -2.47. The van der Waals surface area contributed by atoms with Gasteiger partial charge in [-0.25, -0.2) is 0 Å². The lowest BCUT2D eigenvalue weighted by Gasteiger charge is -2.34. The standard InChI is InChI=1S/C8H20N.C6H12OS2/c1-5-9(6-2,7-3)8-4;1-3-4-5(2)7-6(8)9/h5-8H2,1-4H3;5H,3-4H2,1-2H3,(H,8,9)/q+1;/p-1. The molecule has 0 fully saturated rings. The van der Waals surface area contributed by atoms with E-state index < -0.39 is 0 Å². The minimum Gasteiger partial charge on any atom is -0.511 e. The molecule has 1 unspecified atom stereocenters. The zero-order valence-corrected chi connectivity index (χ0v) is 14.6. The SMILES string of the molecule is CCCC(C)OC(=S)[S-].CC[N+](CC)(CC)CC. The van der Waals surface area contributed by atoms with Crippen LogP contribution in [0, 0.1) is 0 Å². The molecule has 0 spiro atoms. The first-order valence-corrected chi connectivity index (χ1v) is 7.95. The van der Waals surface area contributed by atoms with Crippen LogP contribution in [0.5, 0.6) is 0 Å². The summed E-state index contributed by atoms with van der Waals surface area (Å²) < 4.78 is 6.55. The van der Waals surface area contributed by atoms with Gasteiger partial charge in [0.1, 0.15) is 0 Å². The zero-order chi connectivity index (χ0) is 14.6. The van der Waals surface area contributed by atoms with E-state index in [0.29, 0.717) is 0 Å². The molecule has 0 saturated heterocycles. The van der Waals surface area contributed by atoms with Gasteiger partial charge in [-0.1, -0.05) is 13.3 Å². The molecule has 0 rings (SSSR count). The summed E-state index contributed by atoms with van der Waals surface area (Å²) in [6.45, 7) is 18.3. The van der Waals surface area contributed by atoms with Crippen LogP contribution < -0.4 is 0 Å². The fourth-order valence-electron chi connectivity index (χ4n) is 1.97. The first-order chi connectivity index (χ1) is 8.41. The van der Waals surface area contributed by atoms with Gasteiger partial charge in [-0.2, -0.15) is 0 Å². The van der Waals surface area contributed by atoms with Crippen molar-refractivity contribution in [2.45, 2.75) is 60.5 Å². The van der Waals surface area contributed by atoms with E-state index in [-0.39, 0.29) is 10.5 Å². The van der Waals surface area contributed by atoms with Crippen molar-refractivity contribution in [2.75, 3.05) is 26.2 Å². The Kier molecular flexibility index (Phi) is 13.7. The summed E-state index contributed by atoms with van der Waals surface area (Å²) in [6, 6.07) is 0. The molecule has 0 aromatic heterocycles. The van der Waals surface area contributed by atoms with E-state index in [9.17, 15) is 0 Å². The van der Waals surface area contributed by atoms with Crippen molar-refractivity contribution >= 4 is 29.2 Å². The Balaban J connectivity index is 0. The average molecular weight is 294 g/mol. The summed E-state index contributed by atoms with van der Waals surface area (Å²) in [4.78, 5) is 0. The number of rotatable bonds is 7. The molecule has 18 heavy (non-hydrogen) atoms. The Morgan fingerprint density at radius 3 is 1.61 bits per heavy atom. The van der Waals surface area contributed by atoms with Crippen LogP contribution in [-0.4, -0.2) is 41.1 Å². The fourth-order valence-corrected chi connectivity index (χ4v) is 2.30. The van der Waals surface area contributed by atoms with E-state index in [0.717, 1.165) is 12.8 Å². The van der Waals surface area contributed by atoms with Gasteiger partial charge in [0.25, 0.3) is 0 Å². The van der Waals surface area contributed by atoms with Crippen LogP contribution in [0.15, 0.2) is 0 Å². The monoisotopic (exact) mass is 293 g/mol. The predicted molar refractivity (Wildman–Crippen MR) is 87.8 cm³/mol. The highest BCUT2D eigenvalue weighted by atomic mass is 32.1. The van der Waals surface area contributed by atoms with Gasteiger partial charge < -0.3 is 34.1 Å². The van der Waals surface area contributed by atoms with Crippen LogP contribution in [0.4, 0.5) is 0 Å². The first kappa shape index (κ1) is 20.4. The summed E-state index contributed by atoms with van der Waals surface area (Å²) in [5.41, 5.74) is 0. The Morgan fingerprint density at radius 1 is 1.06 bits per heavy atom. The van der Waals surface area contributed by atoms with Crippen molar-refractivity contribution < 1.29 is 9.22 Å². The number of quaternary nitrogens is 1. The normalized spacial score (nSPS) is 12.3. The lowest BCUT2D eigenvalue weighted by molar-refractivity contribution is -0.921. The Bertz CT molecular complexity index is 188. The molecule has 0 bridgehead atoms. The van der Waals surface area contributed by atoms with Crippen LogP contribution in [0.2, 0.25) is 0 Å². The molecular weight excluding hydrogens is 262 g/mol. The number of nitrogens with zero attached hydrogens (tertiary/aromatic N) is 1. The van der Waals surface area contributed by atoms with Crippen LogP contribution in [0.1, 0.15) is 54.4 Å². The lowest BCUT2D eigenvalue weighted by atomic mass is 10.2. The molecule has 0 aromatic carbocycles. The second kappa shape index (κ2) is 12.1. The van der Waals surface area contributed by atoms with Gasteiger partial charge in [-0.05, 0) is 41.0 Å². The molecule has 0 radical (unpaired) electrons. The summed E-state index contributed by atoms with van der Waals surface area (Å²) in [6.07, 6.45) is 2.33. The van der Waals surface area contributed by atoms with Gasteiger partial charge in [0.05, 0.1) is 32.3 Å². The average Bonchev–Trinajstić information content (AvgIpc) is 2.33. The molecule has 0 saturated carbocycles. The Labute approximate surface area is 125 Å². The highest BCUT2D eigenvalue weighted by Crippen LogP contribution is 2.03. The van der Waals surface area contributed by atoms with Crippen molar-refractivity contribution in [2.24, 2.45) is 0 Å². The molecule has 110 valence electrons. The molecular formula is C14H31NOS2. The van der Waals surface area contributed by atoms with Gasteiger partial charge in [-0.15, -0.1) is 0 Å². The topological polar surface area (TPSA) is 9.23 Å². The van der Waals surface area contributed by atoms with Crippen molar-refractivity contribution in [3.05, 3.63) is 0 Å². The zero-order valence-electron chi connectivity index (χ0n) is 13.0. The van der Waals surface area contributed by atoms with E-state index in [2.05, 4.69) is 59.5 Å². The fraction of sp³-hybridized carbons (Fsp3) is 0.929. The van der Waals surface area contributed by atoms with Crippen molar-refractivity contribution in [1.82, 2.24) is 0 Å². The van der Waals surface area contributed by atoms with Crippen LogP contribution in [-0.2, 0) is 17.4 Å². The maximum absolute atomic E-state index is 5.04. The number of hydrogen-bond acceptors (Lipinski definition) is 3. The minimum absolute atomic E-state index is 0.194. The van der Waals surface area contributed by atoms with E-state index in [1.54, 1.807) is 0 Å². The quantitative estimate of drug-likeness (QED) is 0.400. The van der Waals surface area contributed by atoms with Gasteiger partial charge >= 0.3 is 0 Å². The van der Waals surface area contributed by atoms with E-state index in [4.69, 9.17) is 4.74 Å². The molecule has 1 atom stereocenters. The smallest absolute Gasteiger partial charge is 0.0935 e. The molecule has 0 aliphatic rings. The van der Waals surface area contributed by atoms with Crippen molar-refractivity contribution in [3.8, 4) is 0 Å². The first-order valence-electron chi connectivity index (χ1n) is 7.13. The number of ether oxygens (including phenoxy) is 1. The van der Waals surface area contributed by atoms with Crippen molar-refractivity contribution in [1.29, 1.82) is 0 Å². The second-order valence-corrected chi connectivity index (χ2v) is 5.57. The second-order valence-electron chi connectivity index (χ2n) is 4.57. The molecule has 0 amide bonds. The maximum atomic E-state index is 5.04. The molecule has 2 nitrogen and oxygen atoms in total. The molecule has 0 aliphatic carbocycles. The van der Waals surface area contributed by atoms with Gasteiger partial charge in [-0.3, -0.25) is 0 Å². The van der Waals surface area contributed by atoms with Gasteiger partial charge in [0, 0.05) is 4.38 Å². The van der Waals surface area contributed by atoms with Crippen LogP contribution >= 0.6 is 12.2 Å². The highest BCUT2D eigenvalue weighted by Gasteiger charge is 2.16. The molecule has 4 heteroatoms. The van der Waals surface area contributed by atoms with E-state index in [1.807, 2.05) is 6.92 Å². The van der Waals surface area contributed by atoms with Gasteiger partial charge in [0.15, 0.2) is 0 Å². The maximum Gasteiger partial charge on any atom is 0.0935 e. The molecule has 0 heterocycles. The van der Waals surface area contributed by atoms with E-state index in [1.165, 1.54) is 30.7 Å². The molecule has 0 aliphatic heterocycles. The van der Waals surface area contributed by atoms with Gasteiger partial charge in [0.2, 0.25) is 0 Å². The Hall–Kier alpha value is 0.0700.